The maximum Gasteiger partial charge on any atom is 0.325 e. The van der Waals surface area contributed by atoms with Crippen molar-refractivity contribution >= 4 is 29.4 Å². The van der Waals surface area contributed by atoms with Crippen LogP contribution in [0.1, 0.15) is 24.1 Å². The SMILES string of the molecule is O=C(CC[C@H]1NC(=O)N(Cc2ccccc2Cl)C1=O)NCCc1ccccn1. The Hall–Kier alpha value is -2.93. The Bertz CT molecular complexity index is 860. The second kappa shape index (κ2) is 9.32. The smallest absolute Gasteiger partial charge is 0.325 e. The molecule has 1 aliphatic rings. The van der Waals surface area contributed by atoms with Gasteiger partial charge in [0.05, 0.1) is 6.54 Å². The lowest BCUT2D eigenvalue weighted by Crippen LogP contribution is -2.33. The molecular formula is C20H21ClN4O3. The zero-order valence-electron chi connectivity index (χ0n) is 15.2. The Labute approximate surface area is 168 Å². The van der Waals surface area contributed by atoms with Gasteiger partial charge in [0.25, 0.3) is 5.91 Å². The summed E-state index contributed by atoms with van der Waals surface area (Å²) in [6, 6.07) is 11.5. The molecule has 146 valence electrons. The molecule has 28 heavy (non-hydrogen) atoms. The van der Waals surface area contributed by atoms with Crippen molar-refractivity contribution in [2.45, 2.75) is 31.8 Å². The Morgan fingerprint density at radius 1 is 1.18 bits per heavy atom. The van der Waals surface area contributed by atoms with Crippen LogP contribution in [0.3, 0.4) is 0 Å². The molecule has 3 rings (SSSR count). The average Bonchev–Trinajstić information content (AvgIpc) is 2.96. The molecule has 0 saturated carbocycles. The molecule has 8 heteroatoms. The van der Waals surface area contributed by atoms with E-state index in [1.54, 1.807) is 30.5 Å². The summed E-state index contributed by atoms with van der Waals surface area (Å²) in [5.41, 5.74) is 1.59. The van der Waals surface area contributed by atoms with Gasteiger partial charge in [0.2, 0.25) is 5.91 Å². The van der Waals surface area contributed by atoms with E-state index < -0.39 is 12.1 Å². The molecule has 0 aliphatic carbocycles. The second-order valence-electron chi connectivity index (χ2n) is 6.48. The van der Waals surface area contributed by atoms with Gasteiger partial charge in [-0.1, -0.05) is 35.9 Å². The molecule has 1 atom stereocenters. The molecule has 7 nitrogen and oxygen atoms in total. The van der Waals surface area contributed by atoms with E-state index in [2.05, 4.69) is 15.6 Å². The summed E-state index contributed by atoms with van der Waals surface area (Å²) < 4.78 is 0. The number of nitrogens with zero attached hydrogens (tertiary/aromatic N) is 2. The van der Waals surface area contributed by atoms with Crippen molar-refractivity contribution in [3.63, 3.8) is 0 Å². The number of benzene rings is 1. The molecule has 0 unspecified atom stereocenters. The zero-order valence-corrected chi connectivity index (χ0v) is 16.0. The van der Waals surface area contributed by atoms with Crippen LogP contribution in [-0.4, -0.2) is 40.3 Å². The van der Waals surface area contributed by atoms with Crippen LogP contribution >= 0.6 is 11.6 Å². The van der Waals surface area contributed by atoms with Crippen LogP contribution in [0.25, 0.3) is 0 Å². The number of nitrogens with one attached hydrogen (secondary N) is 2. The number of urea groups is 1. The third-order valence-corrected chi connectivity index (χ3v) is 4.85. The number of pyridine rings is 1. The molecule has 1 fully saturated rings. The molecule has 1 saturated heterocycles. The van der Waals surface area contributed by atoms with E-state index in [1.807, 2.05) is 18.2 Å². The van der Waals surface area contributed by atoms with E-state index in [-0.39, 0.29) is 31.2 Å². The molecule has 0 radical (unpaired) electrons. The lowest BCUT2D eigenvalue weighted by atomic mass is 10.1. The summed E-state index contributed by atoms with van der Waals surface area (Å²) in [5.74, 6) is -0.506. The van der Waals surface area contributed by atoms with Gasteiger partial charge in [-0.15, -0.1) is 0 Å². The highest BCUT2D eigenvalue weighted by molar-refractivity contribution is 6.31. The summed E-state index contributed by atoms with van der Waals surface area (Å²) in [4.78, 5) is 42.0. The number of amides is 4. The number of imide groups is 1. The van der Waals surface area contributed by atoms with Crippen LogP contribution in [0.15, 0.2) is 48.7 Å². The Kier molecular flexibility index (Phi) is 6.60. The summed E-state index contributed by atoms with van der Waals surface area (Å²) >= 11 is 6.10. The second-order valence-corrected chi connectivity index (χ2v) is 6.88. The topological polar surface area (TPSA) is 91.4 Å². The van der Waals surface area contributed by atoms with Crippen molar-refractivity contribution in [3.8, 4) is 0 Å². The maximum absolute atomic E-state index is 12.5. The normalized spacial score (nSPS) is 16.2. The standard InChI is InChI=1S/C20H21ClN4O3/c21-16-7-2-1-5-14(16)13-25-19(27)17(24-20(25)28)8-9-18(26)23-12-10-15-6-3-4-11-22-15/h1-7,11,17H,8-10,12-13H2,(H,23,26)(H,24,28)/t17-/m1/s1. The fourth-order valence-corrected chi connectivity index (χ4v) is 3.15. The van der Waals surface area contributed by atoms with E-state index in [0.717, 1.165) is 10.6 Å². The fourth-order valence-electron chi connectivity index (χ4n) is 2.96. The van der Waals surface area contributed by atoms with Crippen molar-refractivity contribution in [2.75, 3.05) is 6.54 Å². The minimum Gasteiger partial charge on any atom is -0.356 e. The minimum absolute atomic E-state index is 0.108. The number of aromatic nitrogens is 1. The van der Waals surface area contributed by atoms with Gasteiger partial charge in [-0.2, -0.15) is 0 Å². The zero-order chi connectivity index (χ0) is 19.9. The van der Waals surface area contributed by atoms with E-state index in [0.29, 0.717) is 23.6 Å². The van der Waals surface area contributed by atoms with Gasteiger partial charge >= 0.3 is 6.03 Å². The molecule has 2 N–H and O–H groups in total. The third-order valence-electron chi connectivity index (χ3n) is 4.48. The van der Waals surface area contributed by atoms with Crippen LogP contribution < -0.4 is 10.6 Å². The first-order valence-electron chi connectivity index (χ1n) is 9.06. The Morgan fingerprint density at radius 2 is 1.96 bits per heavy atom. The third kappa shape index (κ3) is 5.07. The van der Waals surface area contributed by atoms with Gasteiger partial charge < -0.3 is 10.6 Å². The van der Waals surface area contributed by atoms with Gasteiger partial charge in [0.15, 0.2) is 0 Å². The fraction of sp³-hybridized carbons (Fsp3) is 0.300. The number of carbonyl (C=O) groups excluding carboxylic acids is 3. The minimum atomic E-state index is -0.698. The molecule has 1 aliphatic heterocycles. The van der Waals surface area contributed by atoms with Crippen molar-refractivity contribution in [1.29, 1.82) is 0 Å². The van der Waals surface area contributed by atoms with E-state index >= 15 is 0 Å². The van der Waals surface area contributed by atoms with Gasteiger partial charge in [0, 0.05) is 36.3 Å². The molecule has 0 spiro atoms. The molecule has 4 amide bonds. The van der Waals surface area contributed by atoms with E-state index in [4.69, 9.17) is 11.6 Å². The van der Waals surface area contributed by atoms with Crippen molar-refractivity contribution in [2.24, 2.45) is 0 Å². The lowest BCUT2D eigenvalue weighted by molar-refractivity contribution is -0.128. The number of hydrogen-bond acceptors (Lipinski definition) is 4. The first kappa shape index (κ1) is 19.8. The van der Waals surface area contributed by atoms with Crippen LogP contribution in [0, 0.1) is 0 Å². The number of carbonyl (C=O) groups is 3. The van der Waals surface area contributed by atoms with Gasteiger partial charge in [-0.3, -0.25) is 19.5 Å². The predicted molar refractivity (Wildman–Crippen MR) is 105 cm³/mol. The number of rotatable bonds is 8. The highest BCUT2D eigenvalue weighted by Crippen LogP contribution is 2.20. The van der Waals surface area contributed by atoms with Crippen LogP contribution in [0.2, 0.25) is 5.02 Å². The van der Waals surface area contributed by atoms with Crippen molar-refractivity contribution in [1.82, 2.24) is 20.5 Å². The molecule has 1 aromatic heterocycles. The average molecular weight is 401 g/mol. The summed E-state index contributed by atoms with van der Waals surface area (Å²) in [6.07, 6.45) is 2.75. The largest absolute Gasteiger partial charge is 0.356 e. The molecule has 0 bridgehead atoms. The van der Waals surface area contributed by atoms with Crippen molar-refractivity contribution in [3.05, 3.63) is 64.9 Å². The quantitative estimate of drug-likeness (QED) is 0.665. The highest BCUT2D eigenvalue weighted by atomic mass is 35.5. The molecule has 2 aromatic rings. The van der Waals surface area contributed by atoms with E-state index in [1.165, 1.54) is 0 Å². The number of halogens is 1. The highest BCUT2D eigenvalue weighted by Gasteiger charge is 2.38. The monoisotopic (exact) mass is 400 g/mol. The Morgan fingerprint density at radius 3 is 2.71 bits per heavy atom. The van der Waals surface area contributed by atoms with Crippen molar-refractivity contribution < 1.29 is 14.4 Å². The summed E-state index contributed by atoms with van der Waals surface area (Å²) in [7, 11) is 0. The maximum atomic E-state index is 12.5. The molecule has 1 aromatic carbocycles. The first-order valence-corrected chi connectivity index (χ1v) is 9.44. The van der Waals surface area contributed by atoms with Crippen LogP contribution in [0.4, 0.5) is 4.79 Å². The van der Waals surface area contributed by atoms with E-state index in [9.17, 15) is 14.4 Å². The van der Waals surface area contributed by atoms with Crippen LogP contribution in [-0.2, 0) is 22.6 Å². The molecule has 2 heterocycles. The predicted octanol–water partition coefficient (Wildman–Crippen LogP) is 2.29. The number of hydrogen-bond donors (Lipinski definition) is 2. The van der Waals surface area contributed by atoms with Crippen LogP contribution in [0.5, 0.6) is 0 Å². The van der Waals surface area contributed by atoms with Gasteiger partial charge in [0.1, 0.15) is 6.04 Å². The van der Waals surface area contributed by atoms with Gasteiger partial charge in [-0.05, 0) is 30.2 Å². The Balaban J connectivity index is 1.44. The first-order chi connectivity index (χ1) is 13.5. The lowest BCUT2D eigenvalue weighted by Gasteiger charge is -2.14. The molecular weight excluding hydrogens is 380 g/mol. The summed E-state index contributed by atoms with van der Waals surface area (Å²) in [6.45, 7) is 0.580. The van der Waals surface area contributed by atoms with Gasteiger partial charge in [-0.25, -0.2) is 4.79 Å². The summed E-state index contributed by atoms with van der Waals surface area (Å²) in [5, 5.41) is 5.94.